The van der Waals surface area contributed by atoms with Crippen LogP contribution in [-0.4, -0.2) is 5.79 Å². The fourth-order valence-corrected chi connectivity index (χ4v) is 1.17. The van der Waals surface area contributed by atoms with Crippen molar-refractivity contribution in [2.24, 2.45) is 11.3 Å². The summed E-state index contributed by atoms with van der Waals surface area (Å²) < 4.78 is 0. The standard InChI is InChI=1S/C8H13NO2/c1-6(5-9)8(10-11-8)7(2,3)4/h6H,1-4H3. The quantitative estimate of drug-likeness (QED) is 0.429. The van der Waals surface area contributed by atoms with Crippen LogP contribution in [0.3, 0.4) is 0 Å². The van der Waals surface area contributed by atoms with Crippen LogP contribution in [0, 0.1) is 22.7 Å². The summed E-state index contributed by atoms with van der Waals surface area (Å²) in [6.07, 6.45) is 0. The first-order chi connectivity index (χ1) is 4.94. The Morgan fingerprint density at radius 1 is 1.36 bits per heavy atom. The SMILES string of the molecule is CC(C#N)C1(C(C)(C)C)OO1. The van der Waals surface area contributed by atoms with Gasteiger partial charge in [0.15, 0.2) is 0 Å². The Morgan fingerprint density at radius 3 is 1.91 bits per heavy atom. The van der Waals surface area contributed by atoms with Gasteiger partial charge < -0.3 is 0 Å². The third-order valence-electron chi connectivity index (χ3n) is 2.07. The predicted octanol–water partition coefficient (Wildman–Crippen LogP) is 1.85. The molecule has 0 N–H and O–H groups in total. The normalized spacial score (nSPS) is 23.9. The molecular formula is C8H13NO2. The second kappa shape index (κ2) is 2.20. The third kappa shape index (κ3) is 1.13. The molecule has 0 aromatic heterocycles. The molecule has 62 valence electrons. The largest absolute Gasteiger partial charge is 0.254 e. The van der Waals surface area contributed by atoms with Crippen molar-refractivity contribution in [3.8, 4) is 6.07 Å². The van der Waals surface area contributed by atoms with Crippen LogP contribution >= 0.6 is 0 Å². The molecule has 1 unspecified atom stereocenters. The van der Waals surface area contributed by atoms with Crippen LogP contribution in [0.5, 0.6) is 0 Å². The van der Waals surface area contributed by atoms with Crippen molar-refractivity contribution in [3.05, 3.63) is 0 Å². The molecule has 3 nitrogen and oxygen atoms in total. The van der Waals surface area contributed by atoms with Crippen molar-refractivity contribution in [3.63, 3.8) is 0 Å². The van der Waals surface area contributed by atoms with E-state index in [1.165, 1.54) is 0 Å². The molecule has 1 atom stereocenters. The molecule has 1 aliphatic heterocycles. The van der Waals surface area contributed by atoms with Crippen LogP contribution < -0.4 is 0 Å². The van der Waals surface area contributed by atoms with Crippen LogP contribution in [0.25, 0.3) is 0 Å². The Bertz CT molecular complexity index is 195. The highest BCUT2D eigenvalue weighted by molar-refractivity contribution is 5.00. The Kier molecular flexibility index (Phi) is 1.70. The van der Waals surface area contributed by atoms with Crippen molar-refractivity contribution >= 4 is 0 Å². The lowest BCUT2D eigenvalue weighted by Gasteiger charge is -2.24. The number of hydrogen-bond acceptors (Lipinski definition) is 3. The number of nitrogens with zero attached hydrogens (tertiary/aromatic N) is 1. The van der Waals surface area contributed by atoms with Crippen LogP contribution in [0.1, 0.15) is 27.7 Å². The van der Waals surface area contributed by atoms with Gasteiger partial charge in [-0.25, -0.2) is 0 Å². The van der Waals surface area contributed by atoms with Crippen molar-refractivity contribution in [2.75, 3.05) is 0 Å². The highest BCUT2D eigenvalue weighted by Crippen LogP contribution is 2.50. The van der Waals surface area contributed by atoms with Crippen molar-refractivity contribution in [2.45, 2.75) is 33.5 Å². The van der Waals surface area contributed by atoms with Crippen LogP contribution in [0.2, 0.25) is 0 Å². The molecule has 0 radical (unpaired) electrons. The van der Waals surface area contributed by atoms with E-state index in [0.29, 0.717) is 0 Å². The van der Waals surface area contributed by atoms with E-state index in [-0.39, 0.29) is 11.3 Å². The summed E-state index contributed by atoms with van der Waals surface area (Å²) in [5.41, 5.74) is -0.137. The van der Waals surface area contributed by atoms with Gasteiger partial charge in [0.1, 0.15) is 5.92 Å². The summed E-state index contributed by atoms with van der Waals surface area (Å²) in [4.78, 5) is 9.78. The smallest absolute Gasteiger partial charge is 0.198 e. The molecule has 1 rings (SSSR count). The molecular weight excluding hydrogens is 142 g/mol. The second-order valence-corrected chi connectivity index (χ2v) is 3.93. The zero-order valence-corrected chi connectivity index (χ0v) is 7.34. The van der Waals surface area contributed by atoms with Gasteiger partial charge in [-0.05, 0) is 6.92 Å². The van der Waals surface area contributed by atoms with E-state index >= 15 is 0 Å². The van der Waals surface area contributed by atoms with Gasteiger partial charge in [-0.3, -0.25) is 0 Å². The molecule has 1 fully saturated rings. The molecule has 0 spiro atoms. The molecule has 0 saturated carbocycles. The lowest BCUT2D eigenvalue weighted by atomic mass is 9.80. The maximum atomic E-state index is 8.66. The topological polar surface area (TPSA) is 48.9 Å². The van der Waals surface area contributed by atoms with E-state index < -0.39 is 5.79 Å². The molecule has 0 aliphatic carbocycles. The number of hydrogen-bond donors (Lipinski definition) is 0. The molecule has 1 heterocycles. The van der Waals surface area contributed by atoms with E-state index in [0.717, 1.165) is 0 Å². The maximum absolute atomic E-state index is 8.66. The molecule has 11 heavy (non-hydrogen) atoms. The molecule has 1 aliphatic rings. The first-order valence-corrected chi connectivity index (χ1v) is 3.70. The van der Waals surface area contributed by atoms with E-state index in [1.807, 2.05) is 20.8 Å². The Morgan fingerprint density at radius 2 is 1.82 bits per heavy atom. The number of rotatable bonds is 1. The Balaban J connectivity index is 2.78. The molecule has 0 aromatic carbocycles. The first-order valence-electron chi connectivity index (χ1n) is 3.70. The lowest BCUT2D eigenvalue weighted by Crippen LogP contribution is -2.35. The predicted molar refractivity (Wildman–Crippen MR) is 39.1 cm³/mol. The van der Waals surface area contributed by atoms with Crippen LogP contribution in [0.4, 0.5) is 0 Å². The van der Waals surface area contributed by atoms with Gasteiger partial charge in [0.2, 0.25) is 0 Å². The summed E-state index contributed by atoms with van der Waals surface area (Å²) in [5.74, 6) is -0.885. The fourth-order valence-electron chi connectivity index (χ4n) is 1.17. The van der Waals surface area contributed by atoms with E-state index in [2.05, 4.69) is 6.07 Å². The van der Waals surface area contributed by atoms with Gasteiger partial charge in [0, 0.05) is 5.41 Å². The van der Waals surface area contributed by atoms with Crippen LogP contribution in [0.15, 0.2) is 0 Å². The fraction of sp³-hybridized carbons (Fsp3) is 0.875. The molecule has 0 aromatic rings. The summed E-state index contributed by atoms with van der Waals surface area (Å²) in [6.45, 7) is 7.79. The zero-order valence-electron chi connectivity index (χ0n) is 7.34. The number of nitriles is 1. The van der Waals surface area contributed by atoms with Crippen molar-refractivity contribution in [1.82, 2.24) is 0 Å². The summed E-state index contributed by atoms with van der Waals surface area (Å²) in [7, 11) is 0. The van der Waals surface area contributed by atoms with Gasteiger partial charge in [-0.15, -0.1) is 0 Å². The van der Waals surface area contributed by atoms with E-state index in [9.17, 15) is 0 Å². The third-order valence-corrected chi connectivity index (χ3v) is 2.07. The minimum absolute atomic E-state index is 0.137. The molecule has 0 bridgehead atoms. The minimum Gasteiger partial charge on any atom is -0.198 e. The Hall–Kier alpha value is -0.590. The van der Waals surface area contributed by atoms with E-state index in [1.54, 1.807) is 6.92 Å². The Labute approximate surface area is 66.8 Å². The average molecular weight is 155 g/mol. The van der Waals surface area contributed by atoms with Crippen molar-refractivity contribution in [1.29, 1.82) is 5.26 Å². The van der Waals surface area contributed by atoms with E-state index in [4.69, 9.17) is 15.0 Å². The van der Waals surface area contributed by atoms with Gasteiger partial charge in [-0.2, -0.15) is 15.0 Å². The second-order valence-electron chi connectivity index (χ2n) is 3.93. The highest BCUT2D eigenvalue weighted by Gasteiger charge is 2.62. The molecule has 3 heteroatoms. The van der Waals surface area contributed by atoms with Gasteiger partial charge in [0.25, 0.3) is 5.79 Å². The lowest BCUT2D eigenvalue weighted by molar-refractivity contribution is 0.0850. The molecule has 1 saturated heterocycles. The first kappa shape index (κ1) is 8.51. The maximum Gasteiger partial charge on any atom is 0.254 e. The van der Waals surface area contributed by atoms with Gasteiger partial charge >= 0.3 is 0 Å². The average Bonchev–Trinajstić information content (AvgIpc) is 2.63. The zero-order chi connectivity index (χ0) is 8.70. The highest BCUT2D eigenvalue weighted by atomic mass is 17.4. The van der Waals surface area contributed by atoms with Gasteiger partial charge in [-0.1, -0.05) is 20.8 Å². The van der Waals surface area contributed by atoms with Gasteiger partial charge in [0.05, 0.1) is 6.07 Å². The summed E-state index contributed by atoms with van der Waals surface area (Å²) >= 11 is 0. The van der Waals surface area contributed by atoms with Crippen LogP contribution in [-0.2, 0) is 9.78 Å². The summed E-state index contributed by atoms with van der Waals surface area (Å²) in [6, 6.07) is 2.12. The molecule has 0 amide bonds. The van der Waals surface area contributed by atoms with Crippen molar-refractivity contribution < 1.29 is 9.78 Å². The summed E-state index contributed by atoms with van der Waals surface area (Å²) in [5, 5.41) is 8.66. The monoisotopic (exact) mass is 155 g/mol. The minimum atomic E-state index is -0.665.